The summed E-state index contributed by atoms with van der Waals surface area (Å²) in [6, 6.07) is 9.54. The predicted octanol–water partition coefficient (Wildman–Crippen LogP) is -0.897. The number of aliphatic hydroxyl groups is 4. The number of nitrogens with zero attached hydrogens (tertiary/aromatic N) is 1. The van der Waals surface area contributed by atoms with Crippen LogP contribution in [0.5, 0.6) is 0 Å². The van der Waals surface area contributed by atoms with Gasteiger partial charge in [-0.15, -0.1) is 11.8 Å². The Hall–Kier alpha value is -1.12. The van der Waals surface area contributed by atoms with E-state index in [4.69, 9.17) is 5.73 Å². The number of hydrogen-bond acceptors (Lipinski definition) is 6. The van der Waals surface area contributed by atoms with E-state index < -0.39 is 28.9 Å². The molecular weight excluding hydrogens is 292 g/mol. The predicted molar refractivity (Wildman–Crippen MR) is 82.0 cm³/mol. The number of hydrogen-bond donors (Lipinski definition) is 5. The van der Waals surface area contributed by atoms with E-state index in [2.05, 4.69) is 4.99 Å². The fraction of sp³-hybridized carbons (Fsp3) is 0.500. The lowest BCUT2D eigenvalue weighted by molar-refractivity contribution is -0.0688. The summed E-state index contributed by atoms with van der Waals surface area (Å²) >= 11 is 1.11. The molecule has 116 valence electrons. The van der Waals surface area contributed by atoms with E-state index in [9.17, 15) is 20.4 Å². The first-order valence-corrected chi connectivity index (χ1v) is 7.63. The average molecular weight is 312 g/mol. The van der Waals surface area contributed by atoms with E-state index in [1.165, 1.54) is 0 Å². The van der Waals surface area contributed by atoms with Crippen LogP contribution in [0.1, 0.15) is 5.56 Å². The van der Waals surface area contributed by atoms with Gasteiger partial charge in [0, 0.05) is 6.42 Å². The molecular formula is C14H20N2O4S. The molecule has 0 radical (unpaired) electrons. The fourth-order valence-corrected chi connectivity index (χ4v) is 3.49. The standard InChI is InChI=1S/C14H20N2O4S/c15-10(6-8-4-2-1-3-5-8)16-14-13(20)12(19)11(18)9(7-17)21-14/h1-5,9,11-14,17-20H,6-7H2,(H2,15,16)/t9-,11-,12+,13+,14?/m1/s1. The third-order valence-electron chi connectivity index (χ3n) is 3.39. The van der Waals surface area contributed by atoms with Crippen molar-refractivity contribution in [3.05, 3.63) is 35.9 Å². The zero-order chi connectivity index (χ0) is 15.4. The number of benzene rings is 1. The van der Waals surface area contributed by atoms with Gasteiger partial charge in [-0.3, -0.25) is 4.99 Å². The summed E-state index contributed by atoms with van der Waals surface area (Å²) in [6.07, 6.45) is -3.31. The molecule has 21 heavy (non-hydrogen) atoms. The lowest BCUT2D eigenvalue weighted by Crippen LogP contribution is -2.53. The van der Waals surface area contributed by atoms with Crippen molar-refractivity contribution in [1.29, 1.82) is 0 Å². The van der Waals surface area contributed by atoms with Crippen molar-refractivity contribution < 1.29 is 20.4 Å². The summed E-state index contributed by atoms with van der Waals surface area (Å²) in [5, 5.41) is 37.4. The van der Waals surface area contributed by atoms with Crippen LogP contribution in [0.25, 0.3) is 0 Å². The molecule has 1 aliphatic rings. The number of thioether (sulfide) groups is 1. The van der Waals surface area contributed by atoms with Gasteiger partial charge >= 0.3 is 0 Å². The van der Waals surface area contributed by atoms with Crippen LogP contribution in [-0.4, -0.2) is 61.8 Å². The normalized spacial score (nSPS) is 33.9. The van der Waals surface area contributed by atoms with Crippen LogP contribution in [0, 0.1) is 0 Å². The first kappa shape index (κ1) is 16.3. The lowest BCUT2D eigenvalue weighted by atomic mass is 10.0. The van der Waals surface area contributed by atoms with Gasteiger partial charge in [-0.2, -0.15) is 0 Å². The van der Waals surface area contributed by atoms with E-state index >= 15 is 0 Å². The zero-order valence-electron chi connectivity index (χ0n) is 11.4. The van der Waals surface area contributed by atoms with Crippen molar-refractivity contribution in [2.75, 3.05) is 6.61 Å². The third kappa shape index (κ3) is 3.96. The largest absolute Gasteiger partial charge is 0.395 e. The highest BCUT2D eigenvalue weighted by Gasteiger charge is 2.43. The molecule has 1 unspecified atom stereocenters. The highest BCUT2D eigenvalue weighted by Crippen LogP contribution is 2.33. The number of aliphatic imine (C=N–C) groups is 1. The molecule has 1 aromatic carbocycles. The highest BCUT2D eigenvalue weighted by molar-refractivity contribution is 8.00. The number of aliphatic hydroxyl groups excluding tert-OH is 4. The molecule has 0 bridgehead atoms. The van der Waals surface area contributed by atoms with Gasteiger partial charge in [-0.25, -0.2) is 0 Å². The van der Waals surface area contributed by atoms with Gasteiger partial charge in [0.2, 0.25) is 0 Å². The molecule has 0 saturated carbocycles. The van der Waals surface area contributed by atoms with Crippen LogP contribution >= 0.6 is 11.8 Å². The topological polar surface area (TPSA) is 119 Å². The van der Waals surface area contributed by atoms with Gasteiger partial charge in [0.25, 0.3) is 0 Å². The van der Waals surface area contributed by atoms with Crippen LogP contribution in [0.3, 0.4) is 0 Å². The Kier molecular flexibility index (Phi) is 5.60. The fourth-order valence-electron chi connectivity index (χ4n) is 2.20. The molecule has 6 nitrogen and oxygen atoms in total. The van der Waals surface area contributed by atoms with E-state index in [1.807, 2.05) is 30.3 Å². The molecule has 0 aliphatic carbocycles. The monoisotopic (exact) mass is 312 g/mol. The smallest absolute Gasteiger partial charge is 0.126 e. The van der Waals surface area contributed by atoms with Gasteiger partial charge < -0.3 is 26.2 Å². The Morgan fingerprint density at radius 1 is 1.10 bits per heavy atom. The third-order valence-corrected chi connectivity index (χ3v) is 4.83. The molecule has 0 spiro atoms. The number of amidine groups is 1. The molecule has 0 aromatic heterocycles. The first-order chi connectivity index (χ1) is 10.0. The maximum Gasteiger partial charge on any atom is 0.126 e. The molecule has 1 saturated heterocycles. The highest BCUT2D eigenvalue weighted by atomic mass is 32.2. The Morgan fingerprint density at radius 2 is 1.76 bits per heavy atom. The minimum Gasteiger partial charge on any atom is -0.395 e. The van der Waals surface area contributed by atoms with E-state index in [-0.39, 0.29) is 6.61 Å². The van der Waals surface area contributed by atoms with E-state index in [1.54, 1.807) is 0 Å². The summed E-state index contributed by atoms with van der Waals surface area (Å²) in [7, 11) is 0. The SMILES string of the molecule is N/C(Cc1ccccc1)=N\C1S[C@H](CO)[C@@H](O)[C@H](O)[C@@H]1O. The molecule has 1 fully saturated rings. The molecule has 1 aliphatic heterocycles. The maximum atomic E-state index is 9.96. The van der Waals surface area contributed by atoms with Crippen molar-refractivity contribution >= 4 is 17.6 Å². The second kappa shape index (κ2) is 7.24. The minimum absolute atomic E-state index is 0.305. The van der Waals surface area contributed by atoms with Crippen LogP contribution < -0.4 is 5.73 Å². The van der Waals surface area contributed by atoms with Gasteiger partial charge in [0.05, 0.1) is 23.8 Å². The summed E-state index contributed by atoms with van der Waals surface area (Å²) in [4.78, 5) is 4.22. The van der Waals surface area contributed by atoms with Gasteiger partial charge in [-0.1, -0.05) is 30.3 Å². The minimum atomic E-state index is -1.35. The Bertz CT molecular complexity index is 483. The van der Waals surface area contributed by atoms with Crippen LogP contribution in [0.2, 0.25) is 0 Å². The quantitative estimate of drug-likeness (QED) is 0.363. The van der Waals surface area contributed by atoms with Gasteiger partial charge in [0.1, 0.15) is 17.6 Å². The Labute approximate surface area is 127 Å². The molecule has 0 amide bonds. The van der Waals surface area contributed by atoms with E-state index in [0.717, 1.165) is 17.3 Å². The summed E-state index contributed by atoms with van der Waals surface area (Å²) in [5.41, 5.74) is 6.88. The summed E-state index contributed by atoms with van der Waals surface area (Å²) in [6.45, 7) is -0.305. The van der Waals surface area contributed by atoms with Crippen molar-refractivity contribution in [2.45, 2.75) is 35.4 Å². The van der Waals surface area contributed by atoms with Crippen LogP contribution in [0.15, 0.2) is 35.3 Å². The summed E-state index contributed by atoms with van der Waals surface area (Å²) in [5.74, 6) is 0.332. The van der Waals surface area contributed by atoms with Crippen molar-refractivity contribution in [1.82, 2.24) is 0 Å². The van der Waals surface area contributed by atoms with Crippen molar-refractivity contribution in [3.63, 3.8) is 0 Å². The van der Waals surface area contributed by atoms with E-state index in [0.29, 0.717) is 12.3 Å². The Balaban J connectivity index is 2.07. The second-order valence-corrected chi connectivity index (χ2v) is 6.36. The zero-order valence-corrected chi connectivity index (χ0v) is 12.2. The van der Waals surface area contributed by atoms with Gasteiger partial charge in [0.15, 0.2) is 0 Å². The Morgan fingerprint density at radius 3 is 2.38 bits per heavy atom. The van der Waals surface area contributed by atoms with Gasteiger partial charge in [-0.05, 0) is 5.56 Å². The second-order valence-electron chi connectivity index (χ2n) is 5.00. The number of nitrogens with two attached hydrogens (primary N) is 1. The van der Waals surface area contributed by atoms with Crippen LogP contribution in [0.4, 0.5) is 0 Å². The van der Waals surface area contributed by atoms with Crippen molar-refractivity contribution in [3.8, 4) is 0 Å². The van der Waals surface area contributed by atoms with Crippen molar-refractivity contribution in [2.24, 2.45) is 10.7 Å². The molecule has 2 rings (SSSR count). The molecule has 6 N–H and O–H groups in total. The van der Waals surface area contributed by atoms with Crippen LogP contribution in [-0.2, 0) is 6.42 Å². The average Bonchev–Trinajstić information content (AvgIpc) is 2.49. The summed E-state index contributed by atoms with van der Waals surface area (Å²) < 4.78 is 0. The molecule has 1 aromatic rings. The first-order valence-electron chi connectivity index (χ1n) is 6.69. The maximum absolute atomic E-state index is 9.96. The lowest BCUT2D eigenvalue weighted by Gasteiger charge is -2.37. The molecule has 7 heteroatoms. The number of rotatable bonds is 4. The molecule has 5 atom stereocenters. The molecule has 1 heterocycles.